The van der Waals surface area contributed by atoms with Crippen molar-refractivity contribution in [2.75, 3.05) is 0 Å². The van der Waals surface area contributed by atoms with E-state index in [4.69, 9.17) is 0 Å². The minimum Gasteiger partial charge on any atom is -0.0841 e. The summed E-state index contributed by atoms with van der Waals surface area (Å²) in [7, 11) is 0. The molecule has 4 saturated carbocycles. The maximum Gasteiger partial charge on any atom is 0.00113 e. The molecule has 26 heavy (non-hydrogen) atoms. The molecule has 0 heteroatoms. The highest BCUT2D eigenvalue weighted by Crippen LogP contribution is 2.90. The fourth-order valence-corrected chi connectivity index (χ4v) is 9.37. The lowest BCUT2D eigenvalue weighted by molar-refractivity contribution is 0.0321. The Morgan fingerprint density at radius 1 is 1.04 bits per heavy atom. The first-order valence-electron chi connectivity index (χ1n) is 11.9. The summed E-state index contributed by atoms with van der Waals surface area (Å²) in [5.74, 6) is 4.11. The third kappa shape index (κ3) is 2.08. The zero-order valence-electron chi connectivity index (χ0n) is 18.2. The predicted octanol–water partition coefficient (Wildman–Crippen LogP) is 7.78. The lowest BCUT2D eigenvalue weighted by Crippen LogP contribution is -2.39. The van der Waals surface area contributed by atoms with Crippen LogP contribution in [0.15, 0.2) is 11.6 Å². The van der Waals surface area contributed by atoms with E-state index in [2.05, 4.69) is 40.7 Å². The Morgan fingerprint density at radius 3 is 2.62 bits per heavy atom. The van der Waals surface area contributed by atoms with Gasteiger partial charge in [0.1, 0.15) is 0 Å². The molecule has 4 fully saturated rings. The van der Waals surface area contributed by atoms with Gasteiger partial charge in [0, 0.05) is 5.41 Å². The van der Waals surface area contributed by atoms with Crippen LogP contribution in [0.25, 0.3) is 0 Å². The third-order valence-corrected chi connectivity index (χ3v) is 10.4. The van der Waals surface area contributed by atoms with Gasteiger partial charge in [-0.2, -0.15) is 0 Å². The van der Waals surface area contributed by atoms with Gasteiger partial charge in [-0.3, -0.25) is 0 Å². The molecule has 0 aromatic heterocycles. The average Bonchev–Trinajstić information content (AvgIpc) is 2.80. The second-order valence-electron chi connectivity index (χ2n) is 12.7. The van der Waals surface area contributed by atoms with E-state index in [1.807, 2.05) is 5.57 Å². The van der Waals surface area contributed by atoms with Crippen molar-refractivity contribution in [3.63, 3.8) is 0 Å². The van der Waals surface area contributed by atoms with Crippen LogP contribution in [0.2, 0.25) is 0 Å². The number of allylic oxidation sites excluding steroid dienone is 2. The summed E-state index contributed by atoms with van der Waals surface area (Å²) in [5, 5.41) is 0. The van der Waals surface area contributed by atoms with Gasteiger partial charge in [0.15, 0.2) is 0 Å². The van der Waals surface area contributed by atoms with Crippen LogP contribution in [0.5, 0.6) is 0 Å². The van der Waals surface area contributed by atoms with Crippen LogP contribution >= 0.6 is 0 Å². The van der Waals surface area contributed by atoms with E-state index in [0.29, 0.717) is 16.2 Å². The van der Waals surface area contributed by atoms with Gasteiger partial charge in [0.2, 0.25) is 0 Å². The maximum atomic E-state index is 2.75. The SMILES string of the molecule is CC1CCC23C(=CCC24C2CCC(CCCC(C)(C)C)C2(C)CCC34)C1. The van der Waals surface area contributed by atoms with E-state index >= 15 is 0 Å². The Bertz CT molecular complexity index is 620. The number of hydrogen-bond donors (Lipinski definition) is 0. The summed E-state index contributed by atoms with van der Waals surface area (Å²) >= 11 is 0. The number of fused-ring (bicyclic) bond motifs is 1. The van der Waals surface area contributed by atoms with Gasteiger partial charge in [-0.25, -0.2) is 0 Å². The molecule has 5 aliphatic rings. The van der Waals surface area contributed by atoms with Crippen LogP contribution in [0.1, 0.15) is 105 Å². The summed E-state index contributed by atoms with van der Waals surface area (Å²) in [6.07, 6.45) is 19.3. The molecule has 2 spiro atoms. The molecule has 0 N–H and O–H groups in total. The molecule has 0 aromatic carbocycles. The molecular formula is C26H42. The Balaban J connectivity index is 1.36. The van der Waals surface area contributed by atoms with Crippen LogP contribution in [0.4, 0.5) is 0 Å². The standard InChI is InChI=1S/C26H42/c1-18-10-15-25-20(17-18)11-16-26(25)21-9-8-19(7-6-13-23(2,3)4)24(21,5)14-12-22(25)26/h11,18-19,21-22H,6-10,12-17H2,1-5H3. The first-order valence-corrected chi connectivity index (χ1v) is 11.9. The van der Waals surface area contributed by atoms with E-state index < -0.39 is 0 Å². The topological polar surface area (TPSA) is 0 Å². The van der Waals surface area contributed by atoms with Crippen molar-refractivity contribution in [2.45, 2.75) is 105 Å². The largest absolute Gasteiger partial charge is 0.0841 e. The second kappa shape index (κ2) is 5.42. The van der Waals surface area contributed by atoms with Crippen LogP contribution in [0, 0.1) is 45.3 Å². The molecule has 0 saturated heterocycles. The molecular weight excluding hydrogens is 312 g/mol. The first-order chi connectivity index (χ1) is 12.2. The van der Waals surface area contributed by atoms with Gasteiger partial charge < -0.3 is 0 Å². The predicted molar refractivity (Wildman–Crippen MR) is 111 cm³/mol. The molecule has 146 valence electrons. The molecule has 7 atom stereocenters. The van der Waals surface area contributed by atoms with Gasteiger partial charge in [-0.1, -0.05) is 52.7 Å². The average molecular weight is 355 g/mol. The Labute approximate surface area is 162 Å². The zero-order valence-corrected chi connectivity index (χ0v) is 18.2. The summed E-state index contributed by atoms with van der Waals surface area (Å²) < 4.78 is 0. The monoisotopic (exact) mass is 354 g/mol. The highest BCUT2D eigenvalue weighted by molar-refractivity contribution is 5.46. The summed E-state index contributed by atoms with van der Waals surface area (Å²) in [5.41, 5.74) is 4.58. The molecule has 5 aliphatic carbocycles. The Morgan fingerprint density at radius 2 is 1.85 bits per heavy atom. The highest BCUT2D eigenvalue weighted by atomic mass is 14.9. The molecule has 0 bridgehead atoms. The molecule has 0 amide bonds. The van der Waals surface area contributed by atoms with Crippen molar-refractivity contribution in [2.24, 2.45) is 45.3 Å². The van der Waals surface area contributed by atoms with Gasteiger partial charge in [0.05, 0.1) is 0 Å². The zero-order chi connectivity index (χ0) is 18.4. The molecule has 5 rings (SSSR count). The molecule has 0 radical (unpaired) electrons. The smallest absolute Gasteiger partial charge is 0.00113 e. The minimum atomic E-state index is 0.513. The van der Waals surface area contributed by atoms with E-state index in [0.717, 1.165) is 29.1 Å². The van der Waals surface area contributed by atoms with Crippen molar-refractivity contribution in [3.8, 4) is 0 Å². The molecule has 0 heterocycles. The van der Waals surface area contributed by atoms with Crippen molar-refractivity contribution in [3.05, 3.63) is 11.6 Å². The third-order valence-electron chi connectivity index (χ3n) is 10.4. The minimum absolute atomic E-state index is 0.513. The quantitative estimate of drug-likeness (QED) is 0.454. The first kappa shape index (κ1) is 17.8. The fraction of sp³-hybridized carbons (Fsp3) is 0.923. The van der Waals surface area contributed by atoms with E-state index in [9.17, 15) is 0 Å². The summed E-state index contributed by atoms with van der Waals surface area (Å²) in [4.78, 5) is 0. The molecule has 0 aromatic rings. The van der Waals surface area contributed by atoms with Crippen molar-refractivity contribution in [1.29, 1.82) is 0 Å². The van der Waals surface area contributed by atoms with Crippen molar-refractivity contribution < 1.29 is 0 Å². The summed E-state index contributed by atoms with van der Waals surface area (Å²) in [6.45, 7) is 12.5. The van der Waals surface area contributed by atoms with E-state index in [1.54, 1.807) is 32.1 Å². The fourth-order valence-electron chi connectivity index (χ4n) is 9.37. The maximum absolute atomic E-state index is 2.75. The highest BCUT2D eigenvalue weighted by Gasteiger charge is 2.84. The van der Waals surface area contributed by atoms with Crippen molar-refractivity contribution in [1.82, 2.24) is 0 Å². The number of rotatable bonds is 3. The van der Waals surface area contributed by atoms with Gasteiger partial charge in [-0.05, 0) is 104 Å². The van der Waals surface area contributed by atoms with Crippen LogP contribution in [-0.2, 0) is 0 Å². The number of hydrogen-bond acceptors (Lipinski definition) is 0. The lowest BCUT2D eigenvalue weighted by atomic mass is 9.59. The van der Waals surface area contributed by atoms with Crippen LogP contribution < -0.4 is 0 Å². The van der Waals surface area contributed by atoms with Gasteiger partial charge in [0.25, 0.3) is 0 Å². The Hall–Kier alpha value is -0.260. The lowest BCUT2D eigenvalue weighted by Gasteiger charge is -2.45. The molecule has 7 unspecified atom stereocenters. The van der Waals surface area contributed by atoms with Gasteiger partial charge in [-0.15, -0.1) is 0 Å². The normalized spacial score (nSPS) is 52.0. The second-order valence-corrected chi connectivity index (χ2v) is 12.7. The van der Waals surface area contributed by atoms with Crippen LogP contribution in [0.3, 0.4) is 0 Å². The summed E-state index contributed by atoms with van der Waals surface area (Å²) in [6, 6.07) is 0. The van der Waals surface area contributed by atoms with Gasteiger partial charge >= 0.3 is 0 Å². The van der Waals surface area contributed by atoms with Crippen LogP contribution in [-0.4, -0.2) is 0 Å². The van der Waals surface area contributed by atoms with Crippen molar-refractivity contribution >= 4 is 0 Å². The molecule has 0 nitrogen and oxygen atoms in total. The Kier molecular flexibility index (Phi) is 3.71. The van der Waals surface area contributed by atoms with E-state index in [1.165, 1.54) is 38.5 Å². The van der Waals surface area contributed by atoms with E-state index in [-0.39, 0.29) is 0 Å². The molecule has 0 aliphatic heterocycles.